The Balaban J connectivity index is 1.79. The number of nitrogens with zero attached hydrogens (tertiary/aromatic N) is 2. The number of rotatable bonds is 2. The maximum Gasteiger partial charge on any atom is 0.329 e. The second kappa shape index (κ2) is 4.92. The lowest BCUT2D eigenvalue weighted by molar-refractivity contribution is 0.672. The molecule has 0 bridgehead atoms. The molecule has 21 heavy (non-hydrogen) atoms. The molecule has 0 amide bonds. The quantitative estimate of drug-likeness (QED) is 0.787. The molecule has 4 rings (SSSR count). The lowest BCUT2D eigenvalue weighted by Gasteiger charge is -2.06. The van der Waals surface area contributed by atoms with E-state index in [1.165, 1.54) is 33.6 Å². The van der Waals surface area contributed by atoms with Crippen LogP contribution in [0.3, 0.4) is 0 Å². The van der Waals surface area contributed by atoms with Crippen LogP contribution in [0.1, 0.15) is 28.4 Å². The van der Waals surface area contributed by atoms with E-state index in [2.05, 4.69) is 9.97 Å². The van der Waals surface area contributed by atoms with E-state index in [-0.39, 0.29) is 17.8 Å². The van der Waals surface area contributed by atoms with Crippen molar-refractivity contribution < 1.29 is 0 Å². The van der Waals surface area contributed by atoms with Gasteiger partial charge in [-0.15, -0.1) is 22.7 Å². The number of aromatic amines is 1. The minimum Gasteiger partial charge on any atom is -0.298 e. The Kier molecular flexibility index (Phi) is 3.04. The van der Waals surface area contributed by atoms with Crippen molar-refractivity contribution >= 4 is 32.9 Å². The van der Waals surface area contributed by atoms with E-state index in [4.69, 9.17) is 0 Å². The second-order valence-corrected chi connectivity index (χ2v) is 7.25. The van der Waals surface area contributed by atoms with Crippen LogP contribution in [0.25, 0.3) is 10.2 Å². The fourth-order valence-electron chi connectivity index (χ4n) is 2.73. The van der Waals surface area contributed by atoms with E-state index in [1.807, 2.05) is 5.38 Å². The third-order valence-corrected chi connectivity index (χ3v) is 5.76. The van der Waals surface area contributed by atoms with Crippen LogP contribution in [0.4, 0.5) is 0 Å². The molecule has 0 radical (unpaired) electrons. The zero-order valence-electron chi connectivity index (χ0n) is 11.2. The predicted molar refractivity (Wildman–Crippen MR) is 84.6 cm³/mol. The van der Waals surface area contributed by atoms with Gasteiger partial charge < -0.3 is 0 Å². The minimum absolute atomic E-state index is 0.233. The van der Waals surface area contributed by atoms with Gasteiger partial charge in [0.25, 0.3) is 5.56 Å². The van der Waals surface area contributed by atoms with Crippen LogP contribution in [0.2, 0.25) is 0 Å². The molecule has 5 nitrogen and oxygen atoms in total. The third-order valence-electron chi connectivity index (χ3n) is 3.79. The molecule has 0 atom stereocenters. The number of aromatic nitrogens is 3. The molecule has 0 unspecified atom stereocenters. The largest absolute Gasteiger partial charge is 0.329 e. The van der Waals surface area contributed by atoms with Gasteiger partial charge in [-0.2, -0.15) is 0 Å². The molecule has 1 aliphatic carbocycles. The first-order valence-electron chi connectivity index (χ1n) is 6.90. The number of H-pyrrole nitrogens is 1. The zero-order valence-corrected chi connectivity index (χ0v) is 12.9. The van der Waals surface area contributed by atoms with Crippen molar-refractivity contribution in [2.45, 2.75) is 32.2 Å². The average molecular weight is 319 g/mol. The summed E-state index contributed by atoms with van der Waals surface area (Å²) in [5.41, 5.74) is 0.564. The van der Waals surface area contributed by atoms with Crippen LogP contribution in [0.15, 0.2) is 21.0 Å². The molecule has 108 valence electrons. The van der Waals surface area contributed by atoms with E-state index in [9.17, 15) is 9.59 Å². The summed E-state index contributed by atoms with van der Waals surface area (Å²) < 4.78 is 1.25. The van der Waals surface area contributed by atoms with Crippen LogP contribution in [-0.4, -0.2) is 14.5 Å². The number of hydrogen-bond donors (Lipinski definition) is 1. The fraction of sp³-hybridized carbons (Fsp3) is 0.357. The summed E-state index contributed by atoms with van der Waals surface area (Å²) in [4.78, 5) is 33.8. The SMILES string of the molecule is O=c1[nH]c2sccc2c(=O)n1Cc1nc2c(s1)CCCC2. The van der Waals surface area contributed by atoms with Gasteiger partial charge in [-0.05, 0) is 37.1 Å². The third kappa shape index (κ3) is 2.16. The maximum absolute atomic E-state index is 12.4. The van der Waals surface area contributed by atoms with Crippen molar-refractivity contribution in [3.8, 4) is 0 Å². The summed E-state index contributed by atoms with van der Waals surface area (Å²) >= 11 is 3.00. The van der Waals surface area contributed by atoms with E-state index in [1.54, 1.807) is 17.4 Å². The molecular formula is C14H13N3O2S2. The first-order valence-corrected chi connectivity index (χ1v) is 8.60. The van der Waals surface area contributed by atoms with Crippen molar-refractivity contribution in [2.24, 2.45) is 0 Å². The maximum atomic E-state index is 12.4. The van der Waals surface area contributed by atoms with Gasteiger partial charge in [-0.1, -0.05) is 0 Å². The Morgan fingerprint density at radius 3 is 3.00 bits per heavy atom. The smallest absolute Gasteiger partial charge is 0.298 e. The van der Waals surface area contributed by atoms with Crippen molar-refractivity contribution in [1.82, 2.24) is 14.5 Å². The number of hydrogen-bond acceptors (Lipinski definition) is 5. The molecule has 0 fully saturated rings. The highest BCUT2D eigenvalue weighted by molar-refractivity contribution is 7.16. The summed E-state index contributed by atoms with van der Waals surface area (Å²) in [7, 11) is 0. The first kappa shape index (κ1) is 13.0. The molecule has 0 spiro atoms. The summed E-state index contributed by atoms with van der Waals surface area (Å²) in [6.45, 7) is 0.262. The molecule has 3 aromatic rings. The van der Waals surface area contributed by atoms with E-state index in [0.717, 1.165) is 23.5 Å². The van der Waals surface area contributed by atoms with Gasteiger partial charge >= 0.3 is 5.69 Å². The molecule has 0 saturated carbocycles. The predicted octanol–water partition coefficient (Wildman–Crippen LogP) is 2.13. The van der Waals surface area contributed by atoms with Crippen LogP contribution >= 0.6 is 22.7 Å². The van der Waals surface area contributed by atoms with E-state index >= 15 is 0 Å². The molecule has 1 N–H and O–H groups in total. The molecule has 0 aromatic carbocycles. The van der Waals surface area contributed by atoms with Gasteiger partial charge in [0.15, 0.2) is 0 Å². The summed E-state index contributed by atoms with van der Waals surface area (Å²) in [5, 5.41) is 3.24. The Morgan fingerprint density at radius 1 is 1.29 bits per heavy atom. The molecule has 7 heteroatoms. The van der Waals surface area contributed by atoms with Crippen molar-refractivity contribution in [3.05, 3.63) is 47.9 Å². The average Bonchev–Trinajstić information content (AvgIpc) is 3.09. The van der Waals surface area contributed by atoms with Gasteiger partial charge in [-0.25, -0.2) is 9.78 Å². The van der Waals surface area contributed by atoms with Crippen LogP contribution < -0.4 is 11.2 Å². The van der Waals surface area contributed by atoms with Crippen LogP contribution in [0, 0.1) is 0 Å². The van der Waals surface area contributed by atoms with Gasteiger partial charge in [0.1, 0.15) is 9.84 Å². The summed E-state index contributed by atoms with van der Waals surface area (Å²) in [6.07, 6.45) is 4.47. The summed E-state index contributed by atoms with van der Waals surface area (Å²) in [6, 6.07) is 1.75. The van der Waals surface area contributed by atoms with E-state index in [0.29, 0.717) is 10.2 Å². The monoisotopic (exact) mass is 319 g/mol. The molecule has 0 saturated heterocycles. The topological polar surface area (TPSA) is 67.8 Å². The lowest BCUT2D eigenvalue weighted by atomic mass is 10.0. The van der Waals surface area contributed by atoms with E-state index < -0.39 is 0 Å². The minimum atomic E-state index is -0.358. The fourth-order valence-corrected chi connectivity index (χ4v) is 4.64. The normalized spacial score (nSPS) is 14.5. The standard InChI is InChI=1S/C14H13N3O2S2/c18-13-8-5-6-20-12(8)16-14(19)17(13)7-11-15-9-3-1-2-4-10(9)21-11/h5-6H,1-4,7H2,(H,16,19). The Morgan fingerprint density at radius 2 is 2.14 bits per heavy atom. The number of aryl methyl sites for hydroxylation is 2. The molecule has 3 heterocycles. The van der Waals surface area contributed by atoms with Crippen LogP contribution in [-0.2, 0) is 19.4 Å². The highest BCUT2D eigenvalue weighted by Crippen LogP contribution is 2.26. The van der Waals surface area contributed by atoms with Gasteiger partial charge in [0, 0.05) is 4.88 Å². The lowest BCUT2D eigenvalue weighted by Crippen LogP contribution is -2.34. The van der Waals surface area contributed by atoms with Crippen LogP contribution in [0.5, 0.6) is 0 Å². The zero-order chi connectivity index (χ0) is 14.4. The first-order chi connectivity index (χ1) is 10.2. The molecular weight excluding hydrogens is 306 g/mol. The Labute approximate surface area is 127 Å². The number of nitrogens with one attached hydrogen (secondary N) is 1. The van der Waals surface area contributed by atoms with Crippen molar-refractivity contribution in [2.75, 3.05) is 0 Å². The highest BCUT2D eigenvalue weighted by Gasteiger charge is 2.17. The van der Waals surface area contributed by atoms with Crippen molar-refractivity contribution in [1.29, 1.82) is 0 Å². The van der Waals surface area contributed by atoms with Gasteiger partial charge in [-0.3, -0.25) is 14.3 Å². The Hall–Kier alpha value is -1.73. The number of fused-ring (bicyclic) bond motifs is 2. The Bertz CT molecular complexity index is 908. The van der Waals surface area contributed by atoms with Gasteiger partial charge in [0.05, 0.1) is 17.6 Å². The molecule has 0 aliphatic heterocycles. The molecule has 3 aromatic heterocycles. The highest BCUT2D eigenvalue weighted by atomic mass is 32.1. The number of thiophene rings is 1. The number of thiazole rings is 1. The van der Waals surface area contributed by atoms with Crippen molar-refractivity contribution in [3.63, 3.8) is 0 Å². The van der Waals surface area contributed by atoms with Gasteiger partial charge in [0.2, 0.25) is 0 Å². The second-order valence-electron chi connectivity index (χ2n) is 5.17. The molecule has 1 aliphatic rings. The summed E-state index contributed by atoms with van der Waals surface area (Å²) in [5.74, 6) is 0.